The van der Waals surface area contributed by atoms with Crippen LogP contribution in [0.1, 0.15) is 12.5 Å². The van der Waals surface area contributed by atoms with Crippen molar-refractivity contribution in [1.29, 1.82) is 5.26 Å². The van der Waals surface area contributed by atoms with E-state index in [1.807, 2.05) is 13.0 Å². The average molecular weight is 239 g/mol. The molecular formula is C11H11ClN2O2. The van der Waals surface area contributed by atoms with Crippen molar-refractivity contribution < 1.29 is 9.53 Å². The number of nitriles is 1. The van der Waals surface area contributed by atoms with Gasteiger partial charge in [-0.25, -0.2) is 0 Å². The first-order valence-electron chi connectivity index (χ1n) is 4.77. The number of hydrogen-bond acceptors (Lipinski definition) is 3. The molecule has 0 spiro atoms. The SMILES string of the molecule is CCNC(=O)COc1cccc(Cl)c1C#N. The van der Waals surface area contributed by atoms with Gasteiger partial charge in [-0.15, -0.1) is 0 Å². The number of likely N-dealkylation sites (N-methyl/N-ethyl adjacent to an activating group) is 1. The summed E-state index contributed by atoms with van der Waals surface area (Å²) in [6, 6.07) is 6.79. The Hall–Kier alpha value is -1.73. The molecular weight excluding hydrogens is 228 g/mol. The zero-order valence-electron chi connectivity index (χ0n) is 8.79. The van der Waals surface area contributed by atoms with E-state index in [1.54, 1.807) is 18.2 Å². The van der Waals surface area contributed by atoms with Gasteiger partial charge in [0.15, 0.2) is 6.61 Å². The minimum absolute atomic E-state index is 0.122. The summed E-state index contributed by atoms with van der Waals surface area (Å²) in [5.41, 5.74) is 0.244. The van der Waals surface area contributed by atoms with E-state index >= 15 is 0 Å². The van der Waals surface area contributed by atoms with Gasteiger partial charge in [-0.3, -0.25) is 4.79 Å². The Kier molecular flexibility index (Phi) is 4.62. The largest absolute Gasteiger partial charge is 0.482 e. The molecule has 4 nitrogen and oxygen atoms in total. The first kappa shape index (κ1) is 12.3. The predicted octanol–water partition coefficient (Wildman–Crippen LogP) is 1.73. The lowest BCUT2D eigenvalue weighted by Gasteiger charge is -2.08. The molecule has 0 aliphatic heterocycles. The van der Waals surface area contributed by atoms with Crippen LogP contribution in [0.4, 0.5) is 0 Å². The summed E-state index contributed by atoms with van der Waals surface area (Å²) in [6.45, 7) is 2.24. The lowest BCUT2D eigenvalue weighted by molar-refractivity contribution is -0.122. The summed E-state index contributed by atoms with van der Waals surface area (Å²) >= 11 is 5.80. The highest BCUT2D eigenvalue weighted by molar-refractivity contribution is 6.31. The highest BCUT2D eigenvalue weighted by Crippen LogP contribution is 2.25. The summed E-state index contributed by atoms with van der Waals surface area (Å²) in [4.78, 5) is 11.1. The summed E-state index contributed by atoms with van der Waals surface area (Å²) in [7, 11) is 0. The van der Waals surface area contributed by atoms with E-state index in [1.165, 1.54) is 0 Å². The molecule has 0 fully saturated rings. The van der Waals surface area contributed by atoms with Crippen molar-refractivity contribution in [3.63, 3.8) is 0 Å². The summed E-state index contributed by atoms with van der Waals surface area (Å²) in [5, 5.41) is 11.8. The van der Waals surface area contributed by atoms with Gasteiger partial charge in [0.1, 0.15) is 17.4 Å². The molecule has 84 valence electrons. The predicted molar refractivity (Wildman–Crippen MR) is 60.3 cm³/mol. The molecule has 0 bridgehead atoms. The maximum atomic E-state index is 11.1. The minimum atomic E-state index is -0.230. The van der Waals surface area contributed by atoms with Gasteiger partial charge in [-0.2, -0.15) is 5.26 Å². The zero-order chi connectivity index (χ0) is 12.0. The highest BCUT2D eigenvalue weighted by atomic mass is 35.5. The quantitative estimate of drug-likeness (QED) is 0.869. The van der Waals surface area contributed by atoms with E-state index in [0.29, 0.717) is 17.3 Å². The van der Waals surface area contributed by atoms with Crippen LogP contribution < -0.4 is 10.1 Å². The molecule has 16 heavy (non-hydrogen) atoms. The Morgan fingerprint density at radius 2 is 2.38 bits per heavy atom. The van der Waals surface area contributed by atoms with Gasteiger partial charge in [0.25, 0.3) is 5.91 Å². The van der Waals surface area contributed by atoms with E-state index < -0.39 is 0 Å². The second kappa shape index (κ2) is 5.99. The fourth-order valence-electron chi connectivity index (χ4n) is 1.12. The standard InChI is InChI=1S/C11H11ClN2O2/c1-2-14-11(15)7-16-10-5-3-4-9(12)8(10)6-13/h3-5H,2,7H2,1H3,(H,14,15). The minimum Gasteiger partial charge on any atom is -0.482 e. The first-order valence-corrected chi connectivity index (χ1v) is 5.15. The highest BCUT2D eigenvalue weighted by Gasteiger charge is 2.08. The molecule has 0 unspecified atom stereocenters. The lowest BCUT2D eigenvalue weighted by atomic mass is 10.2. The number of carbonyl (C=O) groups excluding carboxylic acids is 1. The van der Waals surface area contributed by atoms with Crippen molar-refractivity contribution in [2.75, 3.05) is 13.2 Å². The summed E-state index contributed by atoms with van der Waals surface area (Å²) in [6.07, 6.45) is 0. The van der Waals surface area contributed by atoms with Crippen LogP contribution in [0, 0.1) is 11.3 Å². The van der Waals surface area contributed by atoms with Crippen LogP contribution in [0.25, 0.3) is 0 Å². The maximum absolute atomic E-state index is 11.1. The lowest BCUT2D eigenvalue weighted by Crippen LogP contribution is -2.28. The third-order valence-corrected chi connectivity index (χ3v) is 2.13. The van der Waals surface area contributed by atoms with E-state index in [9.17, 15) is 4.79 Å². The Labute approximate surface area is 98.8 Å². The van der Waals surface area contributed by atoms with Crippen LogP contribution in [0.15, 0.2) is 18.2 Å². The van der Waals surface area contributed by atoms with Gasteiger partial charge in [-0.05, 0) is 19.1 Å². The number of hydrogen-bond donors (Lipinski definition) is 1. The monoisotopic (exact) mass is 238 g/mol. The van der Waals surface area contributed by atoms with Crippen molar-refractivity contribution >= 4 is 17.5 Å². The fourth-order valence-corrected chi connectivity index (χ4v) is 1.33. The molecule has 0 heterocycles. The number of nitrogens with one attached hydrogen (secondary N) is 1. The molecule has 1 aromatic carbocycles. The molecule has 0 aromatic heterocycles. The van der Waals surface area contributed by atoms with Gasteiger partial charge < -0.3 is 10.1 Å². The van der Waals surface area contributed by atoms with E-state index in [2.05, 4.69) is 5.32 Å². The molecule has 0 saturated heterocycles. The first-order chi connectivity index (χ1) is 7.69. The fraction of sp³-hybridized carbons (Fsp3) is 0.273. The number of benzene rings is 1. The van der Waals surface area contributed by atoms with Crippen LogP contribution >= 0.6 is 11.6 Å². The van der Waals surface area contributed by atoms with Gasteiger partial charge in [-0.1, -0.05) is 17.7 Å². The van der Waals surface area contributed by atoms with Crippen molar-refractivity contribution in [3.8, 4) is 11.8 Å². The van der Waals surface area contributed by atoms with Gasteiger partial charge in [0, 0.05) is 6.54 Å². The van der Waals surface area contributed by atoms with Crippen LogP contribution in [0.3, 0.4) is 0 Å². The molecule has 1 amide bonds. The second-order valence-corrected chi connectivity index (χ2v) is 3.37. The summed E-state index contributed by atoms with van der Waals surface area (Å²) < 4.78 is 5.20. The van der Waals surface area contributed by atoms with Crippen LogP contribution in [0.5, 0.6) is 5.75 Å². The van der Waals surface area contributed by atoms with Crippen molar-refractivity contribution in [2.24, 2.45) is 0 Å². The van der Waals surface area contributed by atoms with Crippen molar-refractivity contribution in [1.82, 2.24) is 5.32 Å². The van der Waals surface area contributed by atoms with Gasteiger partial charge in [0.2, 0.25) is 0 Å². The number of ether oxygens (including phenoxy) is 1. The molecule has 1 N–H and O–H groups in total. The number of rotatable bonds is 4. The van der Waals surface area contributed by atoms with Crippen molar-refractivity contribution in [2.45, 2.75) is 6.92 Å². The van der Waals surface area contributed by atoms with E-state index in [-0.39, 0.29) is 18.1 Å². The van der Waals surface area contributed by atoms with Crippen LogP contribution in [0.2, 0.25) is 5.02 Å². The topological polar surface area (TPSA) is 62.1 Å². The number of halogens is 1. The molecule has 0 aliphatic rings. The van der Waals surface area contributed by atoms with Crippen LogP contribution in [-0.4, -0.2) is 19.1 Å². The van der Waals surface area contributed by atoms with E-state index in [4.69, 9.17) is 21.6 Å². The van der Waals surface area contributed by atoms with Crippen molar-refractivity contribution in [3.05, 3.63) is 28.8 Å². The molecule has 0 aliphatic carbocycles. The molecule has 0 saturated carbocycles. The second-order valence-electron chi connectivity index (χ2n) is 2.97. The molecule has 0 radical (unpaired) electrons. The Morgan fingerprint density at radius 3 is 3.00 bits per heavy atom. The van der Waals surface area contributed by atoms with Crippen LogP contribution in [-0.2, 0) is 4.79 Å². The third kappa shape index (κ3) is 3.14. The third-order valence-electron chi connectivity index (χ3n) is 1.82. The van der Waals surface area contributed by atoms with E-state index in [0.717, 1.165) is 0 Å². The smallest absolute Gasteiger partial charge is 0.257 e. The molecule has 1 rings (SSSR count). The normalized spacial score (nSPS) is 9.31. The van der Waals surface area contributed by atoms with Gasteiger partial charge >= 0.3 is 0 Å². The maximum Gasteiger partial charge on any atom is 0.257 e. The molecule has 5 heteroatoms. The number of nitrogens with zero attached hydrogens (tertiary/aromatic N) is 1. The average Bonchev–Trinajstić information content (AvgIpc) is 2.27. The molecule has 0 atom stereocenters. The number of carbonyl (C=O) groups is 1. The number of amides is 1. The van der Waals surface area contributed by atoms with Gasteiger partial charge in [0.05, 0.1) is 5.02 Å². The zero-order valence-corrected chi connectivity index (χ0v) is 9.54. The Balaban J connectivity index is 2.71. The Bertz CT molecular complexity index is 426. The summed E-state index contributed by atoms with van der Waals surface area (Å²) in [5.74, 6) is 0.0904. The Morgan fingerprint density at radius 1 is 1.62 bits per heavy atom. The molecule has 1 aromatic rings.